The maximum Gasteiger partial charge on any atom is 0.255 e. The number of rotatable bonds is 6. The Kier molecular flexibility index (Phi) is 7.07. The number of anilines is 2. The van der Waals surface area contributed by atoms with E-state index in [4.69, 9.17) is 5.26 Å². The van der Waals surface area contributed by atoms with Gasteiger partial charge in [-0.15, -0.1) is 0 Å². The van der Waals surface area contributed by atoms with Gasteiger partial charge >= 0.3 is 0 Å². The molecule has 0 unspecified atom stereocenters. The van der Waals surface area contributed by atoms with Crippen LogP contribution in [0, 0.1) is 11.3 Å². The Morgan fingerprint density at radius 1 is 0.778 bits per heavy atom. The molecule has 36 heavy (non-hydrogen) atoms. The van der Waals surface area contributed by atoms with Crippen LogP contribution in [0.1, 0.15) is 21.5 Å². The molecule has 1 fully saturated rings. The van der Waals surface area contributed by atoms with Gasteiger partial charge in [0.1, 0.15) is 0 Å². The lowest BCUT2D eigenvalue weighted by molar-refractivity contribution is 0.102. The van der Waals surface area contributed by atoms with Crippen molar-refractivity contribution in [3.05, 3.63) is 120 Å². The molecule has 5 nitrogen and oxygen atoms in total. The van der Waals surface area contributed by atoms with Crippen LogP contribution in [0.25, 0.3) is 11.1 Å². The first-order chi connectivity index (χ1) is 17.7. The first-order valence-electron chi connectivity index (χ1n) is 12.2. The summed E-state index contributed by atoms with van der Waals surface area (Å²) in [6.45, 7) is 4.68. The van der Waals surface area contributed by atoms with Crippen LogP contribution in [-0.2, 0) is 6.54 Å². The molecule has 1 heterocycles. The molecule has 4 aromatic carbocycles. The number of carbonyl (C=O) groups excluding carboxylic acids is 1. The van der Waals surface area contributed by atoms with E-state index in [1.54, 1.807) is 0 Å². The zero-order valence-electron chi connectivity index (χ0n) is 20.1. The summed E-state index contributed by atoms with van der Waals surface area (Å²) in [6, 6.07) is 35.9. The second-order valence-electron chi connectivity index (χ2n) is 9.02. The minimum atomic E-state index is -0.114. The van der Waals surface area contributed by atoms with E-state index in [0.717, 1.165) is 55.2 Å². The van der Waals surface area contributed by atoms with E-state index in [9.17, 15) is 4.79 Å². The first-order valence-corrected chi connectivity index (χ1v) is 12.2. The van der Waals surface area contributed by atoms with Gasteiger partial charge in [0.25, 0.3) is 5.91 Å². The summed E-state index contributed by atoms with van der Waals surface area (Å²) in [5.41, 5.74) is 6.69. The Hall–Kier alpha value is -4.40. The summed E-state index contributed by atoms with van der Waals surface area (Å²) in [4.78, 5) is 17.5. The summed E-state index contributed by atoms with van der Waals surface area (Å²) in [5, 5.41) is 12.1. The fourth-order valence-electron chi connectivity index (χ4n) is 4.57. The lowest BCUT2D eigenvalue weighted by Crippen LogP contribution is -2.45. The summed E-state index contributed by atoms with van der Waals surface area (Å²) in [6.07, 6.45) is 0. The van der Waals surface area contributed by atoms with Crippen LogP contribution in [0.4, 0.5) is 11.4 Å². The summed E-state index contributed by atoms with van der Waals surface area (Å²) in [5.74, 6) is -0.114. The molecule has 4 aromatic rings. The highest BCUT2D eigenvalue weighted by molar-refractivity contribution is 6.04. The number of nitriles is 1. The van der Waals surface area contributed by atoms with Crippen LogP contribution in [-0.4, -0.2) is 37.0 Å². The number of nitrogens with zero attached hydrogens (tertiary/aromatic N) is 3. The van der Waals surface area contributed by atoms with E-state index in [-0.39, 0.29) is 5.91 Å². The third kappa shape index (κ3) is 5.63. The van der Waals surface area contributed by atoms with E-state index in [1.807, 2.05) is 72.8 Å². The minimum Gasteiger partial charge on any atom is -0.369 e. The minimum absolute atomic E-state index is 0.114. The van der Waals surface area contributed by atoms with Crippen molar-refractivity contribution in [2.24, 2.45) is 0 Å². The molecule has 5 rings (SSSR count). The number of benzene rings is 4. The van der Waals surface area contributed by atoms with Gasteiger partial charge in [-0.25, -0.2) is 0 Å². The molecule has 1 saturated heterocycles. The van der Waals surface area contributed by atoms with E-state index in [2.05, 4.69) is 51.5 Å². The molecule has 1 aliphatic heterocycles. The number of piperazine rings is 1. The Morgan fingerprint density at radius 2 is 1.47 bits per heavy atom. The molecule has 1 N–H and O–H groups in total. The molecule has 0 bridgehead atoms. The van der Waals surface area contributed by atoms with Crippen molar-refractivity contribution in [3.63, 3.8) is 0 Å². The lowest BCUT2D eigenvalue weighted by Gasteiger charge is -2.36. The number of hydrogen-bond acceptors (Lipinski definition) is 4. The summed E-state index contributed by atoms with van der Waals surface area (Å²) < 4.78 is 0. The maximum absolute atomic E-state index is 12.7. The summed E-state index contributed by atoms with van der Waals surface area (Å²) >= 11 is 0. The van der Waals surface area contributed by atoms with E-state index < -0.39 is 0 Å². The number of nitrogens with one attached hydrogen (secondary N) is 1. The number of amides is 1. The second-order valence-corrected chi connectivity index (χ2v) is 9.02. The normalized spacial score (nSPS) is 13.7. The Balaban J connectivity index is 1.14. The van der Waals surface area contributed by atoms with E-state index in [1.165, 1.54) is 5.56 Å². The fourth-order valence-corrected chi connectivity index (χ4v) is 4.57. The van der Waals surface area contributed by atoms with Crippen LogP contribution in [0.2, 0.25) is 0 Å². The molecular formula is C31H28N4O. The van der Waals surface area contributed by atoms with Gasteiger partial charge in [0.05, 0.1) is 11.6 Å². The molecule has 0 radical (unpaired) electrons. The molecule has 0 aromatic heterocycles. The van der Waals surface area contributed by atoms with Crippen molar-refractivity contribution in [2.75, 3.05) is 36.4 Å². The molecule has 0 saturated carbocycles. The molecule has 1 aliphatic rings. The predicted octanol–water partition coefficient (Wildman–Crippen LogP) is 5.80. The standard InChI is InChI=1S/C31H28N4O/c32-22-24-5-4-6-25(21-24)23-34-17-19-35(20-18-34)30-15-13-29(14-16-30)33-31(36)28-11-9-27(10-12-28)26-7-2-1-3-8-26/h1-16,21H,17-20,23H2,(H,33,36). The Morgan fingerprint density at radius 3 is 2.17 bits per heavy atom. The van der Waals surface area contributed by atoms with Crippen molar-refractivity contribution in [1.82, 2.24) is 4.90 Å². The molecule has 1 amide bonds. The zero-order chi connectivity index (χ0) is 24.7. The molecule has 0 aliphatic carbocycles. The molecule has 178 valence electrons. The van der Waals surface area contributed by atoms with E-state index >= 15 is 0 Å². The van der Waals surface area contributed by atoms with E-state index in [0.29, 0.717) is 11.1 Å². The largest absolute Gasteiger partial charge is 0.369 e. The monoisotopic (exact) mass is 472 g/mol. The van der Waals surface area contributed by atoms with Gasteiger partial charge in [0.15, 0.2) is 0 Å². The van der Waals surface area contributed by atoms with Crippen molar-refractivity contribution < 1.29 is 4.79 Å². The van der Waals surface area contributed by atoms with Crippen molar-refractivity contribution in [2.45, 2.75) is 6.54 Å². The van der Waals surface area contributed by atoms with Gasteiger partial charge in [0.2, 0.25) is 0 Å². The van der Waals surface area contributed by atoms with Gasteiger partial charge in [0, 0.05) is 49.7 Å². The van der Waals surface area contributed by atoms with Crippen LogP contribution >= 0.6 is 0 Å². The van der Waals surface area contributed by atoms with Crippen LogP contribution in [0.3, 0.4) is 0 Å². The van der Waals surface area contributed by atoms with Crippen molar-refractivity contribution in [1.29, 1.82) is 5.26 Å². The smallest absolute Gasteiger partial charge is 0.255 e. The fraction of sp³-hybridized carbons (Fsp3) is 0.161. The number of carbonyl (C=O) groups is 1. The van der Waals surface area contributed by atoms with Crippen LogP contribution < -0.4 is 10.2 Å². The maximum atomic E-state index is 12.7. The highest BCUT2D eigenvalue weighted by atomic mass is 16.1. The van der Waals surface area contributed by atoms with Crippen LogP contribution in [0.15, 0.2) is 103 Å². The zero-order valence-corrected chi connectivity index (χ0v) is 20.1. The second kappa shape index (κ2) is 10.9. The quantitative estimate of drug-likeness (QED) is 0.385. The first kappa shape index (κ1) is 23.3. The molecular weight excluding hydrogens is 444 g/mol. The van der Waals surface area contributed by atoms with Crippen molar-refractivity contribution >= 4 is 17.3 Å². The molecule has 0 atom stereocenters. The SMILES string of the molecule is N#Cc1cccc(CN2CCN(c3ccc(NC(=O)c4ccc(-c5ccccc5)cc4)cc3)CC2)c1. The highest BCUT2D eigenvalue weighted by Gasteiger charge is 2.17. The Labute approximate surface area is 212 Å². The molecule has 5 heteroatoms. The topological polar surface area (TPSA) is 59.4 Å². The average molecular weight is 473 g/mol. The highest BCUT2D eigenvalue weighted by Crippen LogP contribution is 2.22. The molecule has 0 spiro atoms. The van der Waals surface area contributed by atoms with Crippen molar-refractivity contribution in [3.8, 4) is 17.2 Å². The average Bonchev–Trinajstić information content (AvgIpc) is 2.94. The van der Waals surface area contributed by atoms with Crippen LogP contribution in [0.5, 0.6) is 0 Å². The summed E-state index contributed by atoms with van der Waals surface area (Å²) in [7, 11) is 0. The third-order valence-corrected chi connectivity index (χ3v) is 6.58. The number of hydrogen-bond donors (Lipinski definition) is 1. The van der Waals surface area contributed by atoms with Gasteiger partial charge < -0.3 is 10.2 Å². The van der Waals surface area contributed by atoms with Gasteiger partial charge in [-0.05, 0) is 65.2 Å². The predicted molar refractivity (Wildman–Crippen MR) is 145 cm³/mol. The third-order valence-electron chi connectivity index (χ3n) is 6.58. The Bertz CT molecular complexity index is 1350. The lowest BCUT2D eigenvalue weighted by atomic mass is 10.0. The van der Waals surface area contributed by atoms with Gasteiger partial charge in [-0.3, -0.25) is 9.69 Å². The van der Waals surface area contributed by atoms with Gasteiger partial charge in [-0.1, -0.05) is 54.6 Å². The van der Waals surface area contributed by atoms with Gasteiger partial charge in [-0.2, -0.15) is 5.26 Å².